The Morgan fingerprint density at radius 1 is 1.32 bits per heavy atom. The van der Waals surface area contributed by atoms with E-state index in [4.69, 9.17) is 10.5 Å². The lowest BCUT2D eigenvalue weighted by molar-refractivity contribution is -0.131. The summed E-state index contributed by atoms with van der Waals surface area (Å²) in [4.78, 5) is 23.4. The summed E-state index contributed by atoms with van der Waals surface area (Å²) in [6.07, 6.45) is 1.42. The van der Waals surface area contributed by atoms with E-state index in [9.17, 15) is 9.59 Å². The van der Waals surface area contributed by atoms with Crippen molar-refractivity contribution in [2.45, 2.75) is 24.8 Å². The molecule has 19 heavy (non-hydrogen) atoms. The molecule has 2 rings (SSSR count). The van der Waals surface area contributed by atoms with Crippen LogP contribution in [0.2, 0.25) is 0 Å². The Morgan fingerprint density at radius 3 is 2.63 bits per heavy atom. The lowest BCUT2D eigenvalue weighted by Gasteiger charge is -2.24. The van der Waals surface area contributed by atoms with Gasteiger partial charge in [-0.1, -0.05) is 30.3 Å². The standard InChI is InChI=1S/C14H18N2O3/c15-13(18)14(8-9-19-10-14)16-12(17)7-6-11-4-2-1-3-5-11/h1-5H,6-10H2,(H2,15,18)(H,16,17). The van der Waals surface area contributed by atoms with E-state index < -0.39 is 11.4 Å². The first-order valence-corrected chi connectivity index (χ1v) is 6.35. The van der Waals surface area contributed by atoms with Gasteiger partial charge in [0.2, 0.25) is 11.8 Å². The third kappa shape index (κ3) is 3.32. The van der Waals surface area contributed by atoms with Crippen LogP contribution in [0, 0.1) is 0 Å². The van der Waals surface area contributed by atoms with E-state index in [1.165, 1.54) is 0 Å². The molecule has 5 heteroatoms. The number of carbonyl (C=O) groups is 2. The van der Waals surface area contributed by atoms with Gasteiger partial charge < -0.3 is 15.8 Å². The molecular weight excluding hydrogens is 244 g/mol. The van der Waals surface area contributed by atoms with Crippen LogP contribution in [0.5, 0.6) is 0 Å². The van der Waals surface area contributed by atoms with Crippen molar-refractivity contribution in [3.8, 4) is 0 Å². The summed E-state index contributed by atoms with van der Waals surface area (Å²) in [5, 5.41) is 2.72. The monoisotopic (exact) mass is 262 g/mol. The first kappa shape index (κ1) is 13.5. The van der Waals surface area contributed by atoms with E-state index in [0.717, 1.165) is 5.56 Å². The quantitative estimate of drug-likeness (QED) is 0.805. The zero-order chi connectivity index (χ0) is 13.7. The van der Waals surface area contributed by atoms with Gasteiger partial charge in [0, 0.05) is 19.4 Å². The van der Waals surface area contributed by atoms with E-state index in [-0.39, 0.29) is 12.5 Å². The molecule has 0 aliphatic carbocycles. The van der Waals surface area contributed by atoms with Gasteiger partial charge in [-0.05, 0) is 12.0 Å². The molecule has 1 aliphatic heterocycles. The lowest BCUT2D eigenvalue weighted by atomic mass is 9.97. The summed E-state index contributed by atoms with van der Waals surface area (Å²) in [5.41, 5.74) is 5.43. The Kier molecular flexibility index (Phi) is 4.16. The van der Waals surface area contributed by atoms with E-state index in [1.54, 1.807) is 0 Å². The third-order valence-corrected chi connectivity index (χ3v) is 3.36. The second-order valence-electron chi connectivity index (χ2n) is 4.78. The van der Waals surface area contributed by atoms with Crippen LogP contribution in [0.1, 0.15) is 18.4 Å². The summed E-state index contributed by atoms with van der Waals surface area (Å²) < 4.78 is 5.17. The van der Waals surface area contributed by atoms with Gasteiger partial charge in [0.15, 0.2) is 0 Å². The third-order valence-electron chi connectivity index (χ3n) is 3.36. The molecule has 102 valence electrons. The highest BCUT2D eigenvalue weighted by Gasteiger charge is 2.41. The predicted octanol–water partition coefficient (Wildman–Crippen LogP) is 0.380. The Bertz CT molecular complexity index is 453. The molecule has 1 atom stereocenters. The number of hydrogen-bond donors (Lipinski definition) is 2. The molecule has 0 radical (unpaired) electrons. The average Bonchev–Trinajstić information content (AvgIpc) is 2.87. The maximum atomic E-state index is 11.9. The van der Waals surface area contributed by atoms with Crippen LogP contribution in [-0.2, 0) is 20.7 Å². The van der Waals surface area contributed by atoms with Crippen molar-refractivity contribution in [3.05, 3.63) is 35.9 Å². The van der Waals surface area contributed by atoms with Crippen LogP contribution < -0.4 is 11.1 Å². The molecule has 0 saturated carbocycles. The van der Waals surface area contributed by atoms with Crippen molar-refractivity contribution in [2.75, 3.05) is 13.2 Å². The molecule has 0 aromatic heterocycles. The smallest absolute Gasteiger partial charge is 0.245 e. The fraction of sp³-hybridized carbons (Fsp3) is 0.429. The lowest BCUT2D eigenvalue weighted by Crippen LogP contribution is -2.58. The minimum absolute atomic E-state index is 0.166. The topological polar surface area (TPSA) is 81.4 Å². The zero-order valence-electron chi connectivity index (χ0n) is 10.7. The summed E-state index contributed by atoms with van der Waals surface area (Å²) >= 11 is 0. The molecular formula is C14H18N2O3. The number of benzene rings is 1. The fourth-order valence-corrected chi connectivity index (χ4v) is 2.15. The van der Waals surface area contributed by atoms with E-state index in [1.807, 2.05) is 30.3 Å². The number of carbonyl (C=O) groups excluding carboxylic acids is 2. The molecule has 1 aromatic rings. The van der Waals surface area contributed by atoms with E-state index in [2.05, 4.69) is 5.32 Å². The van der Waals surface area contributed by atoms with Crippen LogP contribution >= 0.6 is 0 Å². The maximum Gasteiger partial charge on any atom is 0.245 e. The highest BCUT2D eigenvalue weighted by Crippen LogP contribution is 2.18. The number of amides is 2. The molecule has 2 amide bonds. The van der Waals surface area contributed by atoms with Crippen molar-refractivity contribution in [3.63, 3.8) is 0 Å². The van der Waals surface area contributed by atoms with Gasteiger partial charge >= 0.3 is 0 Å². The van der Waals surface area contributed by atoms with Gasteiger partial charge in [-0.25, -0.2) is 0 Å². The second-order valence-corrected chi connectivity index (χ2v) is 4.78. The minimum Gasteiger partial charge on any atom is -0.378 e. The van der Waals surface area contributed by atoms with E-state index in [0.29, 0.717) is 25.9 Å². The Morgan fingerprint density at radius 2 is 2.05 bits per heavy atom. The van der Waals surface area contributed by atoms with E-state index >= 15 is 0 Å². The summed E-state index contributed by atoms with van der Waals surface area (Å²) in [5.74, 6) is -0.703. The maximum absolute atomic E-state index is 11.9. The van der Waals surface area contributed by atoms with Gasteiger partial charge in [-0.15, -0.1) is 0 Å². The Labute approximate surface area is 112 Å². The number of ether oxygens (including phenoxy) is 1. The molecule has 1 unspecified atom stereocenters. The molecule has 1 heterocycles. The highest BCUT2D eigenvalue weighted by molar-refractivity contribution is 5.90. The van der Waals surface area contributed by atoms with Crippen molar-refractivity contribution in [1.82, 2.24) is 5.32 Å². The zero-order valence-corrected chi connectivity index (χ0v) is 10.7. The highest BCUT2D eigenvalue weighted by atomic mass is 16.5. The molecule has 1 aromatic carbocycles. The number of hydrogen-bond acceptors (Lipinski definition) is 3. The second kappa shape index (κ2) is 5.84. The average molecular weight is 262 g/mol. The number of aryl methyl sites for hydroxylation is 1. The van der Waals surface area contributed by atoms with Crippen molar-refractivity contribution >= 4 is 11.8 Å². The molecule has 1 saturated heterocycles. The summed E-state index contributed by atoms with van der Waals surface area (Å²) in [6.45, 7) is 0.612. The molecule has 0 bridgehead atoms. The molecule has 1 fully saturated rings. The Balaban J connectivity index is 1.88. The molecule has 0 spiro atoms. The van der Waals surface area contributed by atoms with Gasteiger partial charge in [0.05, 0.1) is 6.61 Å². The summed E-state index contributed by atoms with van der Waals surface area (Å²) in [6, 6.07) is 9.74. The van der Waals surface area contributed by atoms with Crippen molar-refractivity contribution < 1.29 is 14.3 Å². The van der Waals surface area contributed by atoms with Gasteiger partial charge in [-0.3, -0.25) is 9.59 Å². The first-order valence-electron chi connectivity index (χ1n) is 6.35. The number of nitrogens with one attached hydrogen (secondary N) is 1. The first-order chi connectivity index (χ1) is 9.12. The van der Waals surface area contributed by atoms with Crippen LogP contribution in [-0.4, -0.2) is 30.6 Å². The molecule has 3 N–H and O–H groups in total. The predicted molar refractivity (Wildman–Crippen MR) is 70.3 cm³/mol. The fourth-order valence-electron chi connectivity index (χ4n) is 2.15. The molecule has 1 aliphatic rings. The normalized spacial score (nSPS) is 22.1. The van der Waals surface area contributed by atoms with Crippen LogP contribution in [0.15, 0.2) is 30.3 Å². The molecule has 5 nitrogen and oxygen atoms in total. The van der Waals surface area contributed by atoms with Gasteiger partial charge in [-0.2, -0.15) is 0 Å². The van der Waals surface area contributed by atoms with Crippen LogP contribution in [0.3, 0.4) is 0 Å². The number of rotatable bonds is 5. The number of primary amides is 1. The largest absolute Gasteiger partial charge is 0.378 e. The number of nitrogens with two attached hydrogens (primary N) is 1. The van der Waals surface area contributed by atoms with Gasteiger partial charge in [0.1, 0.15) is 5.54 Å². The van der Waals surface area contributed by atoms with Crippen LogP contribution in [0.4, 0.5) is 0 Å². The van der Waals surface area contributed by atoms with Crippen molar-refractivity contribution in [2.24, 2.45) is 5.73 Å². The summed E-state index contributed by atoms with van der Waals surface area (Å²) in [7, 11) is 0. The van der Waals surface area contributed by atoms with Gasteiger partial charge in [0.25, 0.3) is 0 Å². The SMILES string of the molecule is NC(=O)C1(NC(=O)CCc2ccccc2)CCOC1. The minimum atomic E-state index is -1.02. The Hall–Kier alpha value is -1.88. The van der Waals surface area contributed by atoms with Crippen LogP contribution in [0.25, 0.3) is 0 Å². The van der Waals surface area contributed by atoms with Crippen molar-refractivity contribution in [1.29, 1.82) is 0 Å².